The third-order valence-corrected chi connectivity index (χ3v) is 3.77. The van der Waals surface area contributed by atoms with Crippen LogP contribution in [0.25, 0.3) is 11.1 Å². The Hall–Kier alpha value is -3.27. The van der Waals surface area contributed by atoms with Gasteiger partial charge in [0.15, 0.2) is 18.8 Å². The van der Waals surface area contributed by atoms with Crippen molar-refractivity contribution in [1.82, 2.24) is 9.97 Å². The number of hydrogen-bond acceptors (Lipinski definition) is 6. The minimum absolute atomic E-state index is 0.0153. The minimum atomic E-state index is -4.53. The molecule has 3 aromatic rings. The number of halogens is 4. The van der Waals surface area contributed by atoms with Gasteiger partial charge in [0.2, 0.25) is 5.88 Å². The molecule has 0 atom stereocenters. The number of oxazole rings is 1. The summed E-state index contributed by atoms with van der Waals surface area (Å²) in [5.74, 6) is 0.0328. The highest BCUT2D eigenvalue weighted by Gasteiger charge is 2.29. The second-order valence-electron chi connectivity index (χ2n) is 5.72. The Balaban J connectivity index is 1.85. The van der Waals surface area contributed by atoms with Gasteiger partial charge in [0.1, 0.15) is 0 Å². The lowest BCUT2D eigenvalue weighted by Gasteiger charge is -2.14. The van der Waals surface area contributed by atoms with Gasteiger partial charge in [-0.2, -0.15) is 18.2 Å². The maximum Gasteiger partial charge on any atom is 0.422 e. The summed E-state index contributed by atoms with van der Waals surface area (Å²) in [4.78, 5) is 19.6. The largest absolute Gasteiger partial charge is 0.468 e. The first-order valence-electron chi connectivity index (χ1n) is 8.06. The Morgan fingerprint density at radius 1 is 1.21 bits per heavy atom. The van der Waals surface area contributed by atoms with Crippen LogP contribution in [0.1, 0.15) is 5.76 Å². The number of hydrogen-bond donors (Lipinski definition) is 1. The highest BCUT2D eigenvalue weighted by atomic mass is 35.5. The summed E-state index contributed by atoms with van der Waals surface area (Å²) in [7, 11) is 0. The summed E-state index contributed by atoms with van der Waals surface area (Å²) >= 11 is 5.86. The van der Waals surface area contributed by atoms with Crippen molar-refractivity contribution in [2.45, 2.75) is 13.1 Å². The van der Waals surface area contributed by atoms with Crippen molar-refractivity contribution in [3.05, 3.63) is 53.7 Å². The van der Waals surface area contributed by atoms with Crippen molar-refractivity contribution >= 4 is 23.4 Å². The standard InChI is InChI=1S/C18H13ClF3N3O4/c1-10-15(24-9-28-10)29-17(26)25-13-6-14(11-2-4-12(19)5-3-11)16(23-7-13)27-8-18(20,21)22/h2-7,9H,8H2,1H3,(H,25,26). The topological polar surface area (TPSA) is 86.5 Å². The molecule has 0 bridgehead atoms. The van der Waals surface area contributed by atoms with E-state index in [4.69, 9.17) is 25.5 Å². The molecule has 1 N–H and O–H groups in total. The number of aryl methyl sites for hydroxylation is 1. The lowest BCUT2D eigenvalue weighted by molar-refractivity contribution is -0.154. The maximum absolute atomic E-state index is 12.5. The smallest absolute Gasteiger partial charge is 0.422 e. The molecule has 152 valence electrons. The van der Waals surface area contributed by atoms with Crippen LogP contribution >= 0.6 is 11.6 Å². The Bertz CT molecular complexity index is 1010. The number of alkyl halides is 3. The molecule has 0 saturated heterocycles. The van der Waals surface area contributed by atoms with E-state index in [2.05, 4.69) is 15.3 Å². The van der Waals surface area contributed by atoms with Gasteiger partial charge in [-0.25, -0.2) is 9.78 Å². The van der Waals surface area contributed by atoms with Crippen LogP contribution in [0.3, 0.4) is 0 Å². The number of nitrogens with zero attached hydrogens (tertiary/aromatic N) is 2. The quantitative estimate of drug-likeness (QED) is 0.598. The fraction of sp³-hybridized carbons (Fsp3) is 0.167. The number of anilines is 1. The van der Waals surface area contributed by atoms with Crippen molar-refractivity contribution in [2.75, 3.05) is 11.9 Å². The highest BCUT2D eigenvalue weighted by molar-refractivity contribution is 6.30. The predicted octanol–water partition coefficient (Wildman–Crippen LogP) is 5.25. The number of ether oxygens (including phenoxy) is 2. The van der Waals surface area contributed by atoms with Crippen LogP contribution in [0, 0.1) is 6.92 Å². The van der Waals surface area contributed by atoms with E-state index in [0.717, 1.165) is 12.6 Å². The Kier molecular flexibility index (Phi) is 5.92. The summed E-state index contributed by atoms with van der Waals surface area (Å²) in [5.41, 5.74) is 0.880. The highest BCUT2D eigenvalue weighted by Crippen LogP contribution is 2.32. The molecule has 2 aromatic heterocycles. The van der Waals surface area contributed by atoms with Gasteiger partial charge in [-0.3, -0.25) is 5.32 Å². The summed E-state index contributed by atoms with van der Waals surface area (Å²) in [6, 6.07) is 7.69. The zero-order chi connectivity index (χ0) is 21.0. The molecule has 7 nitrogen and oxygen atoms in total. The molecule has 29 heavy (non-hydrogen) atoms. The predicted molar refractivity (Wildman–Crippen MR) is 97.1 cm³/mol. The van der Waals surface area contributed by atoms with Gasteiger partial charge in [-0.1, -0.05) is 23.7 Å². The summed E-state index contributed by atoms with van der Waals surface area (Å²) in [5, 5.41) is 2.86. The average molecular weight is 428 g/mol. The van der Waals surface area contributed by atoms with Gasteiger partial charge in [0, 0.05) is 10.6 Å². The third-order valence-electron chi connectivity index (χ3n) is 3.52. The molecule has 0 radical (unpaired) electrons. The Labute approximate surface area is 167 Å². The number of aromatic nitrogens is 2. The molecule has 0 aliphatic rings. The molecule has 2 heterocycles. The van der Waals surface area contributed by atoms with Gasteiger partial charge in [-0.05, 0) is 30.7 Å². The fourth-order valence-corrected chi connectivity index (χ4v) is 2.37. The van der Waals surface area contributed by atoms with Gasteiger partial charge in [0.05, 0.1) is 11.9 Å². The van der Waals surface area contributed by atoms with E-state index >= 15 is 0 Å². The first-order valence-corrected chi connectivity index (χ1v) is 8.43. The second-order valence-corrected chi connectivity index (χ2v) is 6.15. The van der Waals surface area contributed by atoms with Crippen LogP contribution in [-0.4, -0.2) is 28.8 Å². The summed E-state index contributed by atoms with van der Waals surface area (Å²) in [6.07, 6.45) is -3.16. The van der Waals surface area contributed by atoms with Crippen LogP contribution in [0.5, 0.6) is 11.8 Å². The number of pyridine rings is 1. The van der Waals surface area contributed by atoms with E-state index in [1.807, 2.05) is 0 Å². The normalized spacial score (nSPS) is 11.2. The molecule has 0 spiro atoms. The molecule has 0 saturated carbocycles. The van der Waals surface area contributed by atoms with E-state index < -0.39 is 18.9 Å². The van der Waals surface area contributed by atoms with Crippen molar-refractivity contribution < 1.29 is 31.9 Å². The molecule has 3 rings (SSSR count). The van der Waals surface area contributed by atoms with E-state index in [-0.39, 0.29) is 23.0 Å². The number of nitrogens with one attached hydrogen (secondary N) is 1. The molecule has 0 aliphatic carbocycles. The van der Waals surface area contributed by atoms with Gasteiger partial charge >= 0.3 is 12.3 Å². The van der Waals surface area contributed by atoms with Crippen molar-refractivity contribution in [3.63, 3.8) is 0 Å². The van der Waals surface area contributed by atoms with E-state index in [1.54, 1.807) is 31.2 Å². The first kappa shape index (κ1) is 20.5. The molecule has 1 amide bonds. The summed E-state index contributed by atoms with van der Waals surface area (Å²) in [6.45, 7) is 0.0451. The third kappa shape index (κ3) is 5.61. The van der Waals surface area contributed by atoms with Crippen LogP contribution < -0.4 is 14.8 Å². The number of carbonyl (C=O) groups excluding carboxylic acids is 1. The van der Waals surface area contributed by atoms with Crippen LogP contribution in [0.15, 0.2) is 47.3 Å². The minimum Gasteiger partial charge on any atom is -0.468 e. The molecular formula is C18H13ClF3N3O4. The molecule has 0 fully saturated rings. The van der Waals surface area contributed by atoms with Crippen molar-refractivity contribution in [2.24, 2.45) is 0 Å². The number of rotatable bonds is 5. The Morgan fingerprint density at radius 3 is 2.55 bits per heavy atom. The SMILES string of the molecule is Cc1ocnc1OC(=O)Nc1cnc(OCC(F)(F)F)c(-c2ccc(Cl)cc2)c1. The molecule has 11 heteroatoms. The van der Waals surface area contributed by atoms with Crippen molar-refractivity contribution in [1.29, 1.82) is 0 Å². The zero-order valence-corrected chi connectivity index (χ0v) is 15.5. The van der Waals surface area contributed by atoms with Crippen molar-refractivity contribution in [3.8, 4) is 22.9 Å². The zero-order valence-electron chi connectivity index (χ0n) is 14.8. The lowest BCUT2D eigenvalue weighted by atomic mass is 10.1. The van der Waals surface area contributed by atoms with E-state index in [1.165, 1.54) is 6.07 Å². The number of benzene rings is 1. The second kappa shape index (κ2) is 8.39. The summed E-state index contributed by atoms with van der Waals surface area (Å²) < 4.78 is 52.3. The van der Waals surface area contributed by atoms with Crippen LogP contribution in [0.4, 0.5) is 23.7 Å². The lowest BCUT2D eigenvalue weighted by Crippen LogP contribution is -2.20. The first-order chi connectivity index (χ1) is 13.7. The van der Waals surface area contributed by atoms with Gasteiger partial charge < -0.3 is 13.9 Å². The van der Waals surface area contributed by atoms with Gasteiger partial charge in [0.25, 0.3) is 5.88 Å². The average Bonchev–Trinajstić information content (AvgIpc) is 3.05. The Morgan fingerprint density at radius 2 is 1.93 bits per heavy atom. The van der Waals surface area contributed by atoms with Crippen LogP contribution in [0.2, 0.25) is 5.02 Å². The fourth-order valence-electron chi connectivity index (χ4n) is 2.25. The molecule has 0 unspecified atom stereocenters. The van der Waals surface area contributed by atoms with Crippen LogP contribution in [-0.2, 0) is 0 Å². The molecular weight excluding hydrogens is 415 g/mol. The number of amides is 1. The van der Waals surface area contributed by atoms with E-state index in [9.17, 15) is 18.0 Å². The monoisotopic (exact) mass is 427 g/mol. The molecule has 1 aromatic carbocycles. The molecule has 0 aliphatic heterocycles. The number of carbonyl (C=O) groups is 1. The van der Waals surface area contributed by atoms with Gasteiger partial charge in [-0.15, -0.1) is 0 Å². The maximum atomic E-state index is 12.5. The van der Waals surface area contributed by atoms with E-state index in [0.29, 0.717) is 16.3 Å².